The number of unbranched alkanes of at least 4 members (excludes halogenated alkanes) is 4. The first kappa shape index (κ1) is 23.4. The van der Waals surface area contributed by atoms with Gasteiger partial charge in [-0.05, 0) is 67.1 Å². The maximum Gasteiger partial charge on any atom is 0.0492 e. The standard InChI is InChI=1S/C33H29N3/c1-2-3-4-5-6-23-36-32-13-11-28(9-7-26-15-19-34-20-16-26)24-30(32)31-25-29(12-14-33(31)36)10-8-27-17-21-35-22-18-27/h11-22,24-25H,2-6,23H2,1H3. The van der Waals surface area contributed by atoms with Crippen LogP contribution >= 0.6 is 0 Å². The Balaban J connectivity index is 1.55. The Morgan fingerprint density at radius 3 is 1.53 bits per heavy atom. The van der Waals surface area contributed by atoms with Crippen molar-refractivity contribution in [2.75, 3.05) is 0 Å². The van der Waals surface area contributed by atoms with E-state index < -0.39 is 0 Å². The monoisotopic (exact) mass is 467 g/mol. The predicted molar refractivity (Wildman–Crippen MR) is 149 cm³/mol. The molecule has 0 N–H and O–H groups in total. The first-order valence-corrected chi connectivity index (χ1v) is 12.7. The molecule has 3 nitrogen and oxygen atoms in total. The molecule has 0 aliphatic heterocycles. The Labute approximate surface area is 213 Å². The van der Waals surface area contributed by atoms with Gasteiger partial charge in [0.05, 0.1) is 0 Å². The van der Waals surface area contributed by atoms with E-state index >= 15 is 0 Å². The highest BCUT2D eigenvalue weighted by Crippen LogP contribution is 2.31. The van der Waals surface area contributed by atoms with E-state index in [9.17, 15) is 0 Å². The summed E-state index contributed by atoms with van der Waals surface area (Å²) < 4.78 is 2.47. The summed E-state index contributed by atoms with van der Waals surface area (Å²) in [6, 6.07) is 20.9. The normalized spacial score (nSPS) is 10.6. The summed E-state index contributed by atoms with van der Waals surface area (Å²) in [4.78, 5) is 8.15. The second kappa shape index (κ2) is 11.4. The van der Waals surface area contributed by atoms with Crippen LogP contribution in [0.4, 0.5) is 0 Å². The van der Waals surface area contributed by atoms with Crippen LogP contribution in [-0.4, -0.2) is 14.5 Å². The largest absolute Gasteiger partial charge is 0.340 e. The zero-order chi connectivity index (χ0) is 24.6. The van der Waals surface area contributed by atoms with Gasteiger partial charge in [0, 0.05) is 75.4 Å². The third-order valence-corrected chi connectivity index (χ3v) is 6.41. The van der Waals surface area contributed by atoms with E-state index in [1.165, 1.54) is 53.9 Å². The maximum absolute atomic E-state index is 4.08. The van der Waals surface area contributed by atoms with Gasteiger partial charge in [0.25, 0.3) is 0 Å². The summed E-state index contributed by atoms with van der Waals surface area (Å²) in [7, 11) is 0. The molecule has 0 bridgehead atoms. The first-order valence-electron chi connectivity index (χ1n) is 12.7. The minimum Gasteiger partial charge on any atom is -0.340 e. The van der Waals surface area contributed by atoms with E-state index in [-0.39, 0.29) is 0 Å². The van der Waals surface area contributed by atoms with Gasteiger partial charge in [-0.15, -0.1) is 0 Å². The van der Waals surface area contributed by atoms with Crippen LogP contribution in [0.15, 0.2) is 85.5 Å². The molecule has 0 radical (unpaired) electrons. The van der Waals surface area contributed by atoms with Gasteiger partial charge in [-0.3, -0.25) is 9.97 Å². The van der Waals surface area contributed by atoms with E-state index in [0.717, 1.165) is 28.8 Å². The Hall–Kier alpha value is -4.34. The molecule has 36 heavy (non-hydrogen) atoms. The fourth-order valence-electron chi connectivity index (χ4n) is 4.53. The molecule has 3 heterocycles. The molecule has 0 atom stereocenters. The second-order valence-corrected chi connectivity index (χ2v) is 9.00. The molecule has 0 aliphatic carbocycles. The molecular weight excluding hydrogens is 438 g/mol. The minimum absolute atomic E-state index is 0.966. The summed E-state index contributed by atoms with van der Waals surface area (Å²) in [6.07, 6.45) is 13.4. The highest BCUT2D eigenvalue weighted by molar-refractivity contribution is 6.09. The van der Waals surface area contributed by atoms with Crippen molar-refractivity contribution in [3.63, 3.8) is 0 Å². The summed E-state index contributed by atoms with van der Waals surface area (Å²) in [5.41, 5.74) is 6.47. The number of hydrogen-bond acceptors (Lipinski definition) is 2. The molecule has 3 aromatic heterocycles. The van der Waals surface area contributed by atoms with E-state index in [1.54, 1.807) is 24.8 Å². The number of pyridine rings is 2. The molecular formula is C33H29N3. The third-order valence-electron chi connectivity index (χ3n) is 6.41. The number of nitrogens with zero attached hydrogens (tertiary/aromatic N) is 3. The Kier molecular flexibility index (Phi) is 7.41. The molecule has 0 unspecified atom stereocenters. The van der Waals surface area contributed by atoms with Crippen LogP contribution in [0, 0.1) is 23.7 Å². The lowest BCUT2D eigenvalue weighted by Crippen LogP contribution is -1.97. The molecule has 176 valence electrons. The van der Waals surface area contributed by atoms with E-state index in [4.69, 9.17) is 0 Å². The van der Waals surface area contributed by atoms with Gasteiger partial charge >= 0.3 is 0 Å². The smallest absolute Gasteiger partial charge is 0.0492 e. The predicted octanol–water partition coefficient (Wildman–Crippen LogP) is 7.35. The van der Waals surface area contributed by atoms with Crippen LogP contribution in [0.5, 0.6) is 0 Å². The molecule has 5 rings (SSSR count). The molecule has 0 saturated heterocycles. The zero-order valence-corrected chi connectivity index (χ0v) is 20.7. The van der Waals surface area contributed by atoms with Crippen molar-refractivity contribution >= 4 is 21.8 Å². The summed E-state index contributed by atoms with van der Waals surface area (Å²) in [6.45, 7) is 3.28. The van der Waals surface area contributed by atoms with Gasteiger partial charge in [-0.1, -0.05) is 56.3 Å². The molecule has 0 aliphatic rings. The Bertz CT molecular complexity index is 1480. The molecule has 0 fully saturated rings. The van der Waals surface area contributed by atoms with Crippen molar-refractivity contribution in [1.82, 2.24) is 14.5 Å². The van der Waals surface area contributed by atoms with Gasteiger partial charge in [-0.25, -0.2) is 0 Å². The number of aromatic nitrogens is 3. The van der Waals surface area contributed by atoms with E-state index in [1.807, 2.05) is 24.3 Å². The van der Waals surface area contributed by atoms with E-state index in [2.05, 4.69) is 81.5 Å². The Morgan fingerprint density at radius 2 is 1.03 bits per heavy atom. The van der Waals surface area contributed by atoms with Crippen molar-refractivity contribution in [2.45, 2.75) is 45.6 Å². The molecule has 0 spiro atoms. The van der Waals surface area contributed by atoms with Crippen molar-refractivity contribution < 1.29 is 0 Å². The molecule has 2 aromatic carbocycles. The first-order chi connectivity index (χ1) is 17.8. The number of hydrogen-bond donors (Lipinski definition) is 0. The maximum atomic E-state index is 4.08. The van der Waals surface area contributed by atoms with Crippen molar-refractivity contribution in [2.24, 2.45) is 0 Å². The van der Waals surface area contributed by atoms with Crippen LogP contribution in [0.25, 0.3) is 21.8 Å². The third kappa shape index (κ3) is 5.48. The van der Waals surface area contributed by atoms with Crippen molar-refractivity contribution in [1.29, 1.82) is 0 Å². The summed E-state index contributed by atoms with van der Waals surface area (Å²) in [5.74, 6) is 13.2. The fourth-order valence-corrected chi connectivity index (χ4v) is 4.53. The SMILES string of the molecule is CCCCCCCn1c2ccc(C#Cc3ccncc3)cc2c2cc(C#Cc3ccncc3)ccc21. The Morgan fingerprint density at radius 1 is 0.556 bits per heavy atom. The molecule has 3 heteroatoms. The number of aryl methyl sites for hydroxylation is 1. The average Bonchev–Trinajstić information content (AvgIpc) is 3.24. The van der Waals surface area contributed by atoms with Crippen LogP contribution in [-0.2, 0) is 6.54 Å². The number of benzene rings is 2. The lowest BCUT2D eigenvalue weighted by Gasteiger charge is -2.07. The van der Waals surface area contributed by atoms with E-state index in [0.29, 0.717) is 0 Å². The van der Waals surface area contributed by atoms with Crippen LogP contribution in [0.3, 0.4) is 0 Å². The van der Waals surface area contributed by atoms with Gasteiger partial charge in [-0.2, -0.15) is 0 Å². The highest BCUT2D eigenvalue weighted by Gasteiger charge is 2.11. The topological polar surface area (TPSA) is 30.7 Å². The van der Waals surface area contributed by atoms with Crippen LogP contribution in [0.2, 0.25) is 0 Å². The fraction of sp³-hybridized carbons (Fsp3) is 0.212. The lowest BCUT2D eigenvalue weighted by molar-refractivity contribution is 0.584. The molecule has 0 saturated carbocycles. The highest BCUT2D eigenvalue weighted by atomic mass is 15.0. The van der Waals surface area contributed by atoms with Gasteiger partial charge in [0.1, 0.15) is 0 Å². The van der Waals surface area contributed by atoms with Crippen LogP contribution in [0.1, 0.15) is 61.3 Å². The minimum atomic E-state index is 0.966. The van der Waals surface area contributed by atoms with Gasteiger partial charge in [0.15, 0.2) is 0 Å². The second-order valence-electron chi connectivity index (χ2n) is 9.00. The molecule has 5 aromatic rings. The summed E-state index contributed by atoms with van der Waals surface area (Å²) in [5, 5.41) is 2.46. The molecule has 0 amide bonds. The quantitative estimate of drug-likeness (QED) is 0.193. The lowest BCUT2D eigenvalue weighted by atomic mass is 10.1. The van der Waals surface area contributed by atoms with Crippen molar-refractivity contribution in [3.8, 4) is 23.7 Å². The summed E-state index contributed by atoms with van der Waals surface area (Å²) >= 11 is 0. The van der Waals surface area contributed by atoms with Gasteiger partial charge < -0.3 is 4.57 Å². The average molecular weight is 468 g/mol. The number of rotatable bonds is 6. The van der Waals surface area contributed by atoms with Crippen molar-refractivity contribution in [3.05, 3.63) is 108 Å². The number of fused-ring (bicyclic) bond motifs is 3. The van der Waals surface area contributed by atoms with Crippen LogP contribution < -0.4 is 0 Å². The zero-order valence-electron chi connectivity index (χ0n) is 20.7. The van der Waals surface area contributed by atoms with Gasteiger partial charge in [0.2, 0.25) is 0 Å².